The summed E-state index contributed by atoms with van der Waals surface area (Å²) in [5, 5.41) is 0.643. The first-order valence-electron chi connectivity index (χ1n) is 9.60. The minimum Gasteiger partial charge on any atom is -0.360 e. The number of hydrogen-bond donors (Lipinski definition) is 0. The summed E-state index contributed by atoms with van der Waals surface area (Å²) < 4.78 is 45.7. The van der Waals surface area contributed by atoms with Crippen LogP contribution >= 0.6 is 0 Å². The predicted molar refractivity (Wildman–Crippen MR) is 105 cm³/mol. The van der Waals surface area contributed by atoms with Gasteiger partial charge in [-0.3, -0.25) is 14.6 Å². The maximum atomic E-state index is 15.7. The van der Waals surface area contributed by atoms with Crippen LogP contribution < -0.4 is 4.90 Å². The number of piperidine rings is 1. The van der Waals surface area contributed by atoms with E-state index in [9.17, 15) is 4.79 Å². The summed E-state index contributed by atoms with van der Waals surface area (Å²) in [5.41, 5.74) is -2.90. The van der Waals surface area contributed by atoms with Gasteiger partial charge in [-0.1, -0.05) is 11.6 Å². The first kappa shape index (κ1) is 21.5. The van der Waals surface area contributed by atoms with Crippen molar-refractivity contribution in [2.45, 2.75) is 30.5 Å². The number of halogens is 3. The Morgan fingerprint density at radius 1 is 1.25 bits per heavy atom. The van der Waals surface area contributed by atoms with Gasteiger partial charge in [-0.2, -0.15) is 0 Å². The van der Waals surface area contributed by atoms with E-state index in [1.165, 1.54) is 30.7 Å². The zero-order valence-corrected chi connectivity index (χ0v) is 16.6. The molecule has 0 bridgehead atoms. The zero-order chi connectivity index (χ0) is 22.9. The smallest absolute Gasteiger partial charge is 0.322 e. The van der Waals surface area contributed by atoms with Crippen LogP contribution in [0.1, 0.15) is 24.4 Å². The lowest BCUT2D eigenvalue weighted by Gasteiger charge is -2.42. The minimum atomic E-state index is -4.08. The number of aromatic nitrogens is 3. The molecule has 1 amide bonds. The molecule has 2 aliphatic heterocycles. The molecule has 9 nitrogen and oxygen atoms in total. The Kier molecular flexibility index (Phi) is 5.40. The van der Waals surface area contributed by atoms with Gasteiger partial charge in [0.15, 0.2) is 0 Å². The number of carbonyl (C=O) groups is 1. The number of hydrogen-bond acceptors (Lipinski definition) is 6. The van der Waals surface area contributed by atoms with Crippen LogP contribution in [-0.2, 0) is 9.63 Å². The fraction of sp³-hybridized carbons (Fsp3) is 0.400. The summed E-state index contributed by atoms with van der Waals surface area (Å²) in [4.78, 5) is 37.3. The van der Waals surface area contributed by atoms with Crippen LogP contribution in [0.25, 0.3) is 9.69 Å². The second kappa shape index (κ2) is 8.05. The fourth-order valence-corrected chi connectivity index (χ4v) is 3.74. The molecule has 4 rings (SSSR count). The second-order valence-corrected chi connectivity index (χ2v) is 7.36. The van der Waals surface area contributed by atoms with Crippen molar-refractivity contribution >= 4 is 23.4 Å². The Morgan fingerprint density at radius 3 is 2.78 bits per heavy atom. The molecule has 2 fully saturated rings. The summed E-state index contributed by atoms with van der Waals surface area (Å²) >= 11 is 0. The first-order chi connectivity index (χ1) is 15.3. The van der Waals surface area contributed by atoms with E-state index < -0.39 is 36.5 Å². The number of hydroxylamine groups is 2. The maximum absolute atomic E-state index is 15.7. The predicted octanol–water partition coefficient (Wildman–Crippen LogP) is 3.43. The molecule has 1 unspecified atom stereocenters. The highest BCUT2D eigenvalue weighted by molar-refractivity contribution is 5.86. The van der Waals surface area contributed by atoms with Crippen LogP contribution in [0, 0.1) is 13.1 Å². The lowest BCUT2D eigenvalue weighted by Crippen LogP contribution is -2.64. The molecule has 2 aliphatic rings. The topological polar surface area (TPSA) is 80.2 Å². The molecule has 2 atom stereocenters. The van der Waals surface area contributed by atoms with Crippen molar-refractivity contribution in [3.8, 4) is 0 Å². The Hall–Kier alpha value is -3.77. The van der Waals surface area contributed by atoms with Crippen LogP contribution in [-0.4, -0.2) is 57.2 Å². The van der Waals surface area contributed by atoms with Crippen molar-refractivity contribution in [1.82, 2.24) is 20.0 Å². The largest absolute Gasteiger partial charge is 0.360 e. The van der Waals surface area contributed by atoms with E-state index >= 15 is 13.2 Å². The summed E-state index contributed by atoms with van der Waals surface area (Å²) in [6.45, 7) is 12.7. The van der Waals surface area contributed by atoms with Gasteiger partial charge in [0.1, 0.15) is 0 Å². The molecule has 2 aromatic rings. The molecule has 0 aliphatic carbocycles. The molecule has 32 heavy (non-hydrogen) atoms. The third-order valence-electron chi connectivity index (χ3n) is 5.42. The normalized spacial score (nSPS) is 24.6. The number of amides is 1. The lowest BCUT2D eigenvalue weighted by molar-refractivity contribution is -0.216. The first-order valence-corrected chi connectivity index (χ1v) is 9.60. The third kappa shape index (κ3) is 3.59. The highest BCUT2D eigenvalue weighted by Crippen LogP contribution is 2.44. The van der Waals surface area contributed by atoms with Gasteiger partial charge in [0, 0.05) is 38.0 Å². The van der Waals surface area contributed by atoms with Crippen molar-refractivity contribution in [1.29, 1.82) is 0 Å². The summed E-state index contributed by atoms with van der Waals surface area (Å²) in [5.74, 6) is -5.72. The van der Waals surface area contributed by atoms with Gasteiger partial charge < -0.3 is 9.74 Å². The molecule has 164 valence electrons. The van der Waals surface area contributed by atoms with Crippen LogP contribution in [0.4, 0.5) is 30.6 Å². The van der Waals surface area contributed by atoms with Crippen LogP contribution in [0.5, 0.6) is 0 Å². The molecule has 0 radical (unpaired) electrons. The number of anilines is 1. The Bertz CT molecular complexity index is 1130. The van der Waals surface area contributed by atoms with Gasteiger partial charge >= 0.3 is 11.9 Å². The van der Waals surface area contributed by atoms with E-state index in [0.29, 0.717) is 10.6 Å². The van der Waals surface area contributed by atoms with Crippen molar-refractivity contribution in [2.75, 3.05) is 24.6 Å². The number of carbonyl (C=O) groups excluding carboxylic acids is 1. The Labute approximate surface area is 181 Å². The fourth-order valence-electron chi connectivity index (χ4n) is 3.74. The minimum absolute atomic E-state index is 0.0314. The molecule has 2 saturated heterocycles. The second-order valence-electron chi connectivity index (χ2n) is 7.36. The lowest BCUT2D eigenvalue weighted by atomic mass is 9.87. The van der Waals surface area contributed by atoms with Gasteiger partial charge in [0.25, 0.3) is 17.4 Å². The molecule has 12 heteroatoms. The van der Waals surface area contributed by atoms with E-state index in [0.717, 1.165) is 4.90 Å². The molecule has 0 aromatic carbocycles. The van der Waals surface area contributed by atoms with Gasteiger partial charge in [0.05, 0.1) is 25.8 Å². The van der Waals surface area contributed by atoms with Crippen LogP contribution in [0.3, 0.4) is 0 Å². The Balaban J connectivity index is 1.58. The zero-order valence-electron chi connectivity index (χ0n) is 16.6. The number of alkyl halides is 3. The average Bonchev–Trinajstić information content (AvgIpc) is 3.30. The van der Waals surface area contributed by atoms with Crippen molar-refractivity contribution in [3.05, 3.63) is 59.1 Å². The molecular weight excluding hydrogens is 427 g/mol. The quantitative estimate of drug-likeness (QED) is 0.677. The standard InChI is InChI=1S/C20H16F3N7O2/c1-24-14-9-13(10-26-11-14)15-4-8-32-30(15)17(31)19(21)5-7-29(12-20(19,22)23)18-27-6-3-16(25-2)28-18/h3,6,9-11,15H,4-5,7-8,12H2/t15-,19?/m0/s1. The Morgan fingerprint density at radius 2 is 2.06 bits per heavy atom. The molecular formula is C20H16F3N7O2. The van der Waals surface area contributed by atoms with E-state index in [4.69, 9.17) is 18.0 Å². The maximum Gasteiger partial charge on any atom is 0.322 e. The van der Waals surface area contributed by atoms with Crippen molar-refractivity contribution < 1.29 is 22.8 Å². The van der Waals surface area contributed by atoms with Gasteiger partial charge in [-0.05, 0) is 17.7 Å². The summed E-state index contributed by atoms with van der Waals surface area (Å²) in [6.07, 6.45) is 3.40. The molecule has 0 saturated carbocycles. The van der Waals surface area contributed by atoms with Crippen molar-refractivity contribution in [2.24, 2.45) is 0 Å². The van der Waals surface area contributed by atoms with E-state index in [1.54, 1.807) is 0 Å². The third-order valence-corrected chi connectivity index (χ3v) is 5.42. The van der Waals surface area contributed by atoms with Crippen LogP contribution in [0.2, 0.25) is 0 Å². The number of nitrogens with zero attached hydrogens (tertiary/aromatic N) is 7. The molecule has 0 N–H and O–H groups in total. The van der Waals surface area contributed by atoms with Gasteiger partial charge in [-0.25, -0.2) is 28.1 Å². The van der Waals surface area contributed by atoms with E-state index in [2.05, 4.69) is 24.6 Å². The number of pyridine rings is 1. The monoisotopic (exact) mass is 443 g/mol. The average molecular weight is 443 g/mol. The summed E-state index contributed by atoms with van der Waals surface area (Å²) in [6, 6.07) is 1.95. The molecule has 4 heterocycles. The van der Waals surface area contributed by atoms with Gasteiger partial charge in [0.2, 0.25) is 5.69 Å². The van der Waals surface area contributed by atoms with Gasteiger partial charge in [-0.15, -0.1) is 0 Å². The van der Waals surface area contributed by atoms with Crippen molar-refractivity contribution in [3.63, 3.8) is 0 Å². The number of rotatable bonds is 3. The van der Waals surface area contributed by atoms with E-state index in [1.807, 2.05) is 0 Å². The SMILES string of the molecule is [C-]#[N+]c1cncc([C@@H]2CCON2C(=O)C2(F)CCN(c3nccc([N+]#[C-])n3)CC2(F)F)c1. The molecule has 0 spiro atoms. The molecule has 2 aromatic heterocycles. The van der Waals surface area contributed by atoms with E-state index in [-0.39, 0.29) is 37.0 Å². The highest BCUT2D eigenvalue weighted by atomic mass is 19.3. The van der Waals surface area contributed by atoms with Crippen LogP contribution in [0.15, 0.2) is 30.7 Å². The highest BCUT2D eigenvalue weighted by Gasteiger charge is 2.65. The summed E-state index contributed by atoms with van der Waals surface area (Å²) in [7, 11) is 0.